The summed E-state index contributed by atoms with van der Waals surface area (Å²) in [6, 6.07) is 17.9. The number of phenolic OH excluding ortho intramolecular Hbond substituents is 1. The Morgan fingerprint density at radius 2 is 1.80 bits per heavy atom. The first-order valence-electron chi connectivity index (χ1n) is 12.7. The molecule has 3 aromatic carbocycles. The van der Waals surface area contributed by atoms with Crippen molar-refractivity contribution in [3.05, 3.63) is 83.8 Å². The molecule has 0 bridgehead atoms. The van der Waals surface area contributed by atoms with E-state index in [4.69, 9.17) is 11.6 Å². The fourth-order valence-corrected chi connectivity index (χ4v) is 5.72. The number of benzene rings is 3. The molecule has 0 saturated carbocycles. The predicted molar refractivity (Wildman–Crippen MR) is 157 cm³/mol. The lowest BCUT2D eigenvalue weighted by atomic mass is 9.95. The molecular formula is C30H26ClN5O4. The molecular weight excluding hydrogens is 530 g/mol. The molecule has 0 radical (unpaired) electrons. The fraction of sp³-hybridized carbons (Fsp3) is 0.167. The van der Waals surface area contributed by atoms with E-state index in [-0.39, 0.29) is 29.4 Å². The largest absolute Gasteiger partial charge is 0.507 e. The summed E-state index contributed by atoms with van der Waals surface area (Å²) in [5.74, 6) is -0.406. The van der Waals surface area contributed by atoms with E-state index < -0.39 is 0 Å². The van der Waals surface area contributed by atoms with E-state index in [0.29, 0.717) is 40.9 Å². The summed E-state index contributed by atoms with van der Waals surface area (Å²) >= 11 is 6.33. The van der Waals surface area contributed by atoms with Crippen molar-refractivity contribution in [3.63, 3.8) is 0 Å². The number of H-pyrrole nitrogens is 1. The molecule has 5 aromatic rings. The van der Waals surface area contributed by atoms with E-state index in [1.54, 1.807) is 59.1 Å². The second kappa shape index (κ2) is 9.77. The van der Waals surface area contributed by atoms with Crippen molar-refractivity contribution >= 4 is 68.1 Å². The quantitative estimate of drug-likeness (QED) is 0.212. The first-order chi connectivity index (χ1) is 19.2. The van der Waals surface area contributed by atoms with E-state index >= 15 is 0 Å². The zero-order valence-corrected chi connectivity index (χ0v) is 22.5. The van der Waals surface area contributed by atoms with Crippen LogP contribution in [0.1, 0.15) is 39.4 Å². The van der Waals surface area contributed by atoms with Gasteiger partial charge in [-0.3, -0.25) is 14.4 Å². The lowest BCUT2D eigenvalue weighted by molar-refractivity contribution is -0.114. The monoisotopic (exact) mass is 555 g/mol. The summed E-state index contributed by atoms with van der Waals surface area (Å²) in [5.41, 5.74) is 4.21. The Hall–Kier alpha value is -4.76. The molecule has 9 nitrogen and oxygen atoms in total. The van der Waals surface area contributed by atoms with Crippen molar-refractivity contribution in [2.24, 2.45) is 7.05 Å². The molecule has 4 N–H and O–H groups in total. The Morgan fingerprint density at radius 1 is 1.02 bits per heavy atom. The average molecular weight is 556 g/mol. The van der Waals surface area contributed by atoms with Crippen LogP contribution in [0.15, 0.2) is 66.9 Å². The number of carbonyl (C=O) groups excluding carboxylic acids is 3. The number of carbonyl (C=O) groups is 3. The fourth-order valence-electron chi connectivity index (χ4n) is 5.47. The Bertz CT molecular complexity index is 1840. The smallest absolute Gasteiger partial charge is 0.274 e. The van der Waals surface area contributed by atoms with Crippen molar-refractivity contribution in [1.82, 2.24) is 9.55 Å². The molecule has 0 spiro atoms. The molecule has 0 aliphatic carbocycles. The van der Waals surface area contributed by atoms with Crippen LogP contribution in [0.4, 0.5) is 17.1 Å². The van der Waals surface area contributed by atoms with Crippen LogP contribution in [0.2, 0.25) is 0 Å². The van der Waals surface area contributed by atoms with Crippen LogP contribution in [-0.2, 0) is 11.8 Å². The van der Waals surface area contributed by atoms with Gasteiger partial charge in [0.25, 0.3) is 11.8 Å². The van der Waals surface area contributed by atoms with Crippen molar-refractivity contribution in [1.29, 1.82) is 0 Å². The molecule has 3 heterocycles. The summed E-state index contributed by atoms with van der Waals surface area (Å²) in [4.78, 5) is 42.8. The number of aryl methyl sites for hydroxylation is 1. The van der Waals surface area contributed by atoms with E-state index in [0.717, 1.165) is 27.2 Å². The number of rotatable bonds is 5. The second-order valence-electron chi connectivity index (χ2n) is 9.99. The van der Waals surface area contributed by atoms with E-state index in [2.05, 4.69) is 15.6 Å². The van der Waals surface area contributed by atoms with Crippen LogP contribution in [0, 0.1) is 0 Å². The van der Waals surface area contributed by atoms with Crippen molar-refractivity contribution in [2.75, 3.05) is 28.0 Å². The van der Waals surface area contributed by atoms with Crippen LogP contribution < -0.4 is 15.5 Å². The van der Waals surface area contributed by atoms with E-state index in [9.17, 15) is 19.5 Å². The number of fused-ring (bicyclic) bond motifs is 4. The zero-order chi connectivity index (χ0) is 28.1. The number of alkyl halides is 1. The summed E-state index contributed by atoms with van der Waals surface area (Å²) in [6.07, 6.45) is 1.66. The maximum atomic E-state index is 13.7. The first kappa shape index (κ1) is 25.5. The molecule has 202 valence electrons. The molecule has 0 fully saturated rings. The third kappa shape index (κ3) is 4.34. The summed E-state index contributed by atoms with van der Waals surface area (Å²) in [6.45, 7) is 1.81. The Balaban J connectivity index is 1.28. The average Bonchev–Trinajstić information content (AvgIpc) is 3.62. The minimum Gasteiger partial charge on any atom is -0.507 e. The number of aromatic hydroxyl groups is 1. The lowest BCUT2D eigenvalue weighted by Gasteiger charge is -2.17. The zero-order valence-electron chi connectivity index (χ0n) is 21.8. The van der Waals surface area contributed by atoms with E-state index in [1.807, 2.05) is 24.3 Å². The molecule has 40 heavy (non-hydrogen) atoms. The van der Waals surface area contributed by atoms with Gasteiger partial charge in [-0.05, 0) is 41.3 Å². The van der Waals surface area contributed by atoms with E-state index in [1.165, 1.54) is 6.92 Å². The van der Waals surface area contributed by atoms with Crippen LogP contribution in [0.3, 0.4) is 0 Å². The van der Waals surface area contributed by atoms with Gasteiger partial charge in [0.1, 0.15) is 17.1 Å². The number of halogens is 1. The molecule has 2 aromatic heterocycles. The van der Waals surface area contributed by atoms with Crippen molar-refractivity contribution < 1.29 is 19.5 Å². The number of hydrogen-bond acceptors (Lipinski definition) is 4. The van der Waals surface area contributed by atoms with Gasteiger partial charge in [0.05, 0.1) is 11.4 Å². The van der Waals surface area contributed by atoms with Crippen molar-refractivity contribution in [3.8, 4) is 5.75 Å². The van der Waals surface area contributed by atoms with Gasteiger partial charge < -0.3 is 30.2 Å². The number of hydrogen-bond donors (Lipinski definition) is 4. The van der Waals surface area contributed by atoms with Gasteiger partial charge in [0.2, 0.25) is 5.91 Å². The summed E-state index contributed by atoms with van der Waals surface area (Å²) in [7, 11) is 1.72. The highest BCUT2D eigenvalue weighted by molar-refractivity contribution is 6.19. The minimum absolute atomic E-state index is 0.0685. The summed E-state index contributed by atoms with van der Waals surface area (Å²) < 4.78 is 1.63. The minimum atomic E-state index is -0.335. The van der Waals surface area contributed by atoms with Crippen LogP contribution in [0.5, 0.6) is 5.75 Å². The highest BCUT2D eigenvalue weighted by Gasteiger charge is 2.35. The number of phenols is 1. The number of aromatic amines is 1. The molecule has 3 amide bonds. The second-order valence-corrected chi connectivity index (χ2v) is 10.3. The Kier molecular flexibility index (Phi) is 6.23. The predicted octanol–water partition coefficient (Wildman–Crippen LogP) is 5.56. The Morgan fingerprint density at radius 3 is 2.55 bits per heavy atom. The van der Waals surface area contributed by atoms with Gasteiger partial charge in [0.15, 0.2) is 0 Å². The van der Waals surface area contributed by atoms with Gasteiger partial charge in [-0.25, -0.2) is 0 Å². The van der Waals surface area contributed by atoms with Gasteiger partial charge in [0, 0.05) is 66.6 Å². The number of amides is 3. The third-order valence-electron chi connectivity index (χ3n) is 7.24. The number of nitrogens with zero attached hydrogens (tertiary/aromatic N) is 2. The van der Waals surface area contributed by atoms with Crippen LogP contribution >= 0.6 is 11.6 Å². The highest BCUT2D eigenvalue weighted by Crippen LogP contribution is 2.45. The molecule has 0 saturated heterocycles. The molecule has 1 aliphatic rings. The lowest BCUT2D eigenvalue weighted by Crippen LogP contribution is -2.30. The third-order valence-corrected chi connectivity index (χ3v) is 7.62. The molecule has 6 rings (SSSR count). The maximum Gasteiger partial charge on any atom is 0.274 e. The number of nitrogens with one attached hydrogen (secondary N) is 3. The standard InChI is InChI=1S/C30H26ClN5O4/c1-16(37)32-20-11-26(35(2)15-20)29(39)33-19-7-8-23-17(9-19)10-24(34-23)30(40)36-14-18(13-31)28-22-6-4-3-5-21(22)27(38)12-25(28)36/h3-12,15,18,34,38H,13-14H2,1-2H3,(H,32,37)(H,33,39). The van der Waals surface area contributed by atoms with Gasteiger partial charge in [-0.15, -0.1) is 11.6 Å². The van der Waals surface area contributed by atoms with Crippen molar-refractivity contribution in [2.45, 2.75) is 12.8 Å². The maximum absolute atomic E-state index is 13.7. The van der Waals surface area contributed by atoms with Crippen LogP contribution in [0.25, 0.3) is 21.7 Å². The normalized spacial score (nSPS) is 14.5. The van der Waals surface area contributed by atoms with Crippen LogP contribution in [-0.4, -0.2) is 44.8 Å². The topological polar surface area (TPSA) is 119 Å². The summed E-state index contributed by atoms with van der Waals surface area (Å²) in [5, 5.41) is 18.6. The molecule has 10 heteroatoms. The number of aromatic nitrogens is 2. The van der Waals surface area contributed by atoms with Gasteiger partial charge in [-0.1, -0.05) is 24.3 Å². The highest BCUT2D eigenvalue weighted by atomic mass is 35.5. The SMILES string of the molecule is CC(=O)Nc1cc(C(=O)Nc2ccc3[nH]c(C(=O)N4CC(CCl)c5c4cc(O)c4ccccc54)cc3c2)n(C)c1. The Labute approximate surface area is 234 Å². The molecule has 1 aliphatic heterocycles. The number of anilines is 3. The molecule has 1 atom stereocenters. The molecule has 1 unspecified atom stereocenters. The van der Waals surface area contributed by atoms with Gasteiger partial charge >= 0.3 is 0 Å². The first-order valence-corrected chi connectivity index (χ1v) is 13.3. The van der Waals surface area contributed by atoms with Gasteiger partial charge in [-0.2, -0.15) is 0 Å².